The van der Waals surface area contributed by atoms with Crippen LogP contribution in [-0.2, 0) is 0 Å². The van der Waals surface area contributed by atoms with Crippen LogP contribution >= 0.6 is 0 Å². The molecule has 0 saturated carbocycles. The average molecular weight is 196 g/mol. The third-order valence-electron chi connectivity index (χ3n) is 2.17. The lowest BCUT2D eigenvalue weighted by Gasteiger charge is -2.13. The molecule has 0 saturated heterocycles. The zero-order chi connectivity index (χ0) is 10.4. The molecule has 78 valence electrons. The summed E-state index contributed by atoms with van der Waals surface area (Å²) in [7, 11) is 0. The maximum atomic E-state index is 8.85. The number of nitrogen functional groups attached to an aromatic ring is 1. The van der Waals surface area contributed by atoms with Crippen molar-refractivity contribution < 1.29 is 10.2 Å². The van der Waals surface area contributed by atoms with Gasteiger partial charge in [0.1, 0.15) is 5.82 Å². The van der Waals surface area contributed by atoms with Crippen molar-refractivity contribution in [3.63, 3.8) is 0 Å². The highest BCUT2D eigenvalue weighted by Crippen LogP contribution is 2.21. The van der Waals surface area contributed by atoms with E-state index < -0.39 is 0 Å². The number of anilines is 1. The van der Waals surface area contributed by atoms with Gasteiger partial charge in [0.05, 0.1) is 0 Å². The molecule has 0 aliphatic carbocycles. The Labute approximate surface area is 83.4 Å². The Morgan fingerprint density at radius 1 is 1.21 bits per heavy atom. The number of hydrogen-bond acceptors (Lipinski definition) is 4. The second-order valence-electron chi connectivity index (χ2n) is 3.21. The molecule has 0 aliphatic rings. The van der Waals surface area contributed by atoms with Gasteiger partial charge in [-0.05, 0) is 25.0 Å². The Balaban J connectivity index is 2.75. The summed E-state index contributed by atoms with van der Waals surface area (Å²) >= 11 is 0. The van der Waals surface area contributed by atoms with E-state index in [4.69, 9.17) is 15.9 Å². The molecule has 0 spiro atoms. The Morgan fingerprint density at radius 3 is 2.36 bits per heavy atom. The van der Waals surface area contributed by atoms with Crippen molar-refractivity contribution in [3.05, 3.63) is 23.9 Å². The van der Waals surface area contributed by atoms with Crippen LogP contribution in [0.25, 0.3) is 0 Å². The molecule has 0 radical (unpaired) electrons. The van der Waals surface area contributed by atoms with Crippen LogP contribution in [0, 0.1) is 0 Å². The number of aliphatic hydroxyl groups excluding tert-OH is 2. The first kappa shape index (κ1) is 10.9. The number of hydrogen-bond donors (Lipinski definition) is 3. The van der Waals surface area contributed by atoms with Crippen molar-refractivity contribution in [1.82, 2.24) is 4.98 Å². The van der Waals surface area contributed by atoms with Crippen LogP contribution in [0.4, 0.5) is 5.82 Å². The molecule has 1 aromatic heterocycles. The number of aromatic nitrogens is 1. The van der Waals surface area contributed by atoms with Gasteiger partial charge in [-0.1, -0.05) is 6.07 Å². The molecule has 0 amide bonds. The lowest BCUT2D eigenvalue weighted by molar-refractivity contribution is 0.240. The van der Waals surface area contributed by atoms with E-state index in [9.17, 15) is 0 Å². The fraction of sp³-hybridized carbons (Fsp3) is 0.500. The third-order valence-corrected chi connectivity index (χ3v) is 2.17. The van der Waals surface area contributed by atoms with Crippen molar-refractivity contribution in [1.29, 1.82) is 0 Å². The predicted octanol–water partition coefficient (Wildman–Crippen LogP) is 0.512. The smallest absolute Gasteiger partial charge is 0.123 e. The monoisotopic (exact) mass is 196 g/mol. The predicted molar refractivity (Wildman–Crippen MR) is 54.8 cm³/mol. The van der Waals surface area contributed by atoms with Gasteiger partial charge in [0.15, 0.2) is 0 Å². The van der Waals surface area contributed by atoms with Crippen molar-refractivity contribution in [2.24, 2.45) is 0 Å². The summed E-state index contributed by atoms with van der Waals surface area (Å²) in [5.41, 5.74) is 6.39. The van der Waals surface area contributed by atoms with Crippen LogP contribution in [0.3, 0.4) is 0 Å². The summed E-state index contributed by atoms with van der Waals surface area (Å²) in [6, 6.07) is 5.42. The maximum absolute atomic E-state index is 8.85. The quantitative estimate of drug-likeness (QED) is 0.641. The van der Waals surface area contributed by atoms with Crippen LogP contribution in [0.5, 0.6) is 0 Å². The van der Waals surface area contributed by atoms with Gasteiger partial charge in [-0.3, -0.25) is 0 Å². The van der Waals surface area contributed by atoms with Crippen LogP contribution in [0.2, 0.25) is 0 Å². The summed E-state index contributed by atoms with van der Waals surface area (Å²) in [6.07, 6.45) is 1.22. The second-order valence-corrected chi connectivity index (χ2v) is 3.21. The van der Waals surface area contributed by atoms with E-state index in [1.54, 1.807) is 6.07 Å². The molecule has 14 heavy (non-hydrogen) atoms. The SMILES string of the molecule is Nc1cccc(C(CCO)CCO)n1. The molecule has 4 heteroatoms. The van der Waals surface area contributed by atoms with Crippen molar-refractivity contribution >= 4 is 5.82 Å². The normalized spacial score (nSPS) is 10.8. The van der Waals surface area contributed by atoms with E-state index in [0.29, 0.717) is 18.7 Å². The van der Waals surface area contributed by atoms with E-state index in [0.717, 1.165) is 5.69 Å². The van der Waals surface area contributed by atoms with E-state index >= 15 is 0 Å². The molecule has 1 rings (SSSR count). The molecule has 0 unspecified atom stereocenters. The molecule has 0 aliphatic heterocycles. The topological polar surface area (TPSA) is 79.4 Å². The van der Waals surface area contributed by atoms with Gasteiger partial charge in [-0.2, -0.15) is 0 Å². The van der Waals surface area contributed by atoms with Gasteiger partial charge < -0.3 is 15.9 Å². The zero-order valence-corrected chi connectivity index (χ0v) is 8.06. The Kier molecular flexibility index (Phi) is 4.35. The fourth-order valence-electron chi connectivity index (χ4n) is 1.45. The number of pyridine rings is 1. The molecule has 4 N–H and O–H groups in total. The second kappa shape index (κ2) is 5.57. The molecule has 0 bridgehead atoms. The summed E-state index contributed by atoms with van der Waals surface area (Å²) in [5, 5.41) is 17.7. The lowest BCUT2D eigenvalue weighted by atomic mass is 9.98. The molecule has 4 nitrogen and oxygen atoms in total. The minimum atomic E-state index is 0.0912. The van der Waals surface area contributed by atoms with Crippen molar-refractivity contribution in [2.45, 2.75) is 18.8 Å². The van der Waals surface area contributed by atoms with Crippen LogP contribution in [0.15, 0.2) is 18.2 Å². The Morgan fingerprint density at radius 2 is 1.86 bits per heavy atom. The van der Waals surface area contributed by atoms with Gasteiger partial charge in [0, 0.05) is 24.8 Å². The van der Waals surface area contributed by atoms with Gasteiger partial charge in [-0.15, -0.1) is 0 Å². The highest BCUT2D eigenvalue weighted by Gasteiger charge is 2.11. The Hall–Kier alpha value is -1.13. The minimum absolute atomic E-state index is 0.0912. The standard InChI is InChI=1S/C10H16N2O2/c11-10-3-1-2-9(12-10)8(4-6-13)5-7-14/h1-3,8,13-14H,4-7H2,(H2,11,12). The molecule has 1 aromatic rings. The highest BCUT2D eigenvalue weighted by molar-refractivity contribution is 5.30. The van der Waals surface area contributed by atoms with E-state index in [1.165, 1.54) is 0 Å². The first-order valence-electron chi connectivity index (χ1n) is 4.72. The first-order chi connectivity index (χ1) is 6.77. The first-order valence-corrected chi connectivity index (χ1v) is 4.72. The third kappa shape index (κ3) is 2.97. The van der Waals surface area contributed by atoms with Gasteiger partial charge >= 0.3 is 0 Å². The zero-order valence-electron chi connectivity index (χ0n) is 8.06. The number of nitrogens with zero attached hydrogens (tertiary/aromatic N) is 1. The number of rotatable bonds is 5. The largest absolute Gasteiger partial charge is 0.396 e. The molecule has 0 aromatic carbocycles. The van der Waals surface area contributed by atoms with E-state index in [2.05, 4.69) is 4.98 Å². The summed E-state index contributed by atoms with van der Waals surface area (Å²) in [5.74, 6) is 0.567. The molecular weight excluding hydrogens is 180 g/mol. The molecule has 0 atom stereocenters. The highest BCUT2D eigenvalue weighted by atomic mass is 16.3. The van der Waals surface area contributed by atoms with E-state index in [1.807, 2.05) is 12.1 Å². The number of nitrogens with two attached hydrogens (primary N) is 1. The van der Waals surface area contributed by atoms with Gasteiger partial charge in [0.25, 0.3) is 0 Å². The van der Waals surface area contributed by atoms with Crippen LogP contribution in [-0.4, -0.2) is 28.4 Å². The molecule has 0 fully saturated rings. The lowest BCUT2D eigenvalue weighted by Crippen LogP contribution is -2.07. The van der Waals surface area contributed by atoms with Gasteiger partial charge in [0.2, 0.25) is 0 Å². The number of aliphatic hydroxyl groups is 2. The Bertz CT molecular complexity index is 273. The van der Waals surface area contributed by atoms with Crippen molar-refractivity contribution in [2.75, 3.05) is 18.9 Å². The van der Waals surface area contributed by atoms with E-state index in [-0.39, 0.29) is 19.1 Å². The fourth-order valence-corrected chi connectivity index (χ4v) is 1.45. The van der Waals surface area contributed by atoms with Crippen LogP contribution < -0.4 is 5.73 Å². The van der Waals surface area contributed by atoms with Crippen molar-refractivity contribution in [3.8, 4) is 0 Å². The van der Waals surface area contributed by atoms with Gasteiger partial charge in [-0.25, -0.2) is 4.98 Å². The minimum Gasteiger partial charge on any atom is -0.396 e. The summed E-state index contributed by atoms with van der Waals surface area (Å²) in [6.45, 7) is 0.197. The average Bonchev–Trinajstić information content (AvgIpc) is 2.17. The maximum Gasteiger partial charge on any atom is 0.123 e. The summed E-state index contributed by atoms with van der Waals surface area (Å²) < 4.78 is 0. The molecular formula is C10H16N2O2. The molecule has 1 heterocycles. The summed E-state index contributed by atoms with van der Waals surface area (Å²) in [4.78, 5) is 4.17. The van der Waals surface area contributed by atoms with Crippen LogP contribution in [0.1, 0.15) is 24.5 Å².